The normalized spacial score (nSPS) is 13.7. The second-order valence-electron chi connectivity index (χ2n) is 8.02. The van der Waals surface area contributed by atoms with Gasteiger partial charge in [0.1, 0.15) is 5.75 Å². The Kier molecular flexibility index (Phi) is 6.35. The van der Waals surface area contributed by atoms with Crippen LogP contribution < -0.4 is 15.8 Å². The van der Waals surface area contributed by atoms with Crippen LogP contribution in [0.3, 0.4) is 0 Å². The minimum atomic E-state index is -0.423. The first-order valence-corrected chi connectivity index (χ1v) is 11.2. The average Bonchev–Trinajstić information content (AvgIpc) is 3.00. The molecule has 1 saturated carbocycles. The van der Waals surface area contributed by atoms with Crippen LogP contribution in [0, 0.1) is 0 Å². The number of nitrogen functional groups attached to an aromatic ring is 1. The van der Waals surface area contributed by atoms with E-state index in [1.165, 1.54) is 6.42 Å². The number of unbranched alkanes of at least 4 members (excludes halogenated alkanes) is 1. The summed E-state index contributed by atoms with van der Waals surface area (Å²) < 4.78 is 13.3. The molecule has 1 aliphatic rings. The first-order chi connectivity index (χ1) is 15.1. The number of nitrogens with one attached hydrogen (secondary N) is 1. The zero-order valence-corrected chi connectivity index (χ0v) is 18.3. The Labute approximate surface area is 183 Å². The van der Waals surface area contributed by atoms with Gasteiger partial charge in [0, 0.05) is 22.7 Å². The zero-order valence-electron chi connectivity index (χ0n) is 18.3. The van der Waals surface area contributed by atoms with Crippen LogP contribution in [0.4, 0.5) is 16.2 Å². The highest BCUT2D eigenvalue weighted by atomic mass is 16.5. The largest absolute Gasteiger partial charge is 0.494 e. The minimum Gasteiger partial charge on any atom is -0.494 e. The Hall–Kier alpha value is -3.15. The van der Waals surface area contributed by atoms with Gasteiger partial charge >= 0.3 is 6.09 Å². The van der Waals surface area contributed by atoms with Gasteiger partial charge in [0.05, 0.1) is 30.1 Å². The third kappa shape index (κ3) is 4.33. The topological polar surface area (TPSA) is 78.5 Å². The standard InChI is InChI=1S/C25H31N3O3/c1-3-5-15-31-25(29)27-18-11-9-17(10-12-18)24-23(26)21-16-20(30-4-2)13-14-22(21)28(24)19-7-6-8-19/h9-14,16,19H,3-8,15,26H2,1-2H3,(H,27,29). The molecular formula is C25H31N3O3. The van der Waals surface area contributed by atoms with Gasteiger partial charge in [-0.1, -0.05) is 25.5 Å². The van der Waals surface area contributed by atoms with Gasteiger partial charge in [-0.15, -0.1) is 0 Å². The Morgan fingerprint density at radius 3 is 2.58 bits per heavy atom. The van der Waals surface area contributed by atoms with Gasteiger partial charge in [0.15, 0.2) is 0 Å². The third-order valence-corrected chi connectivity index (χ3v) is 5.90. The van der Waals surface area contributed by atoms with Crippen molar-refractivity contribution in [3.8, 4) is 17.0 Å². The van der Waals surface area contributed by atoms with Gasteiger partial charge in [0.2, 0.25) is 0 Å². The van der Waals surface area contributed by atoms with Crippen LogP contribution >= 0.6 is 0 Å². The summed E-state index contributed by atoms with van der Waals surface area (Å²) in [6, 6.07) is 14.4. The molecule has 6 nitrogen and oxygen atoms in total. The molecule has 31 heavy (non-hydrogen) atoms. The molecule has 164 valence electrons. The number of ether oxygens (including phenoxy) is 2. The van der Waals surface area contributed by atoms with Crippen LogP contribution in [0.15, 0.2) is 42.5 Å². The fraction of sp³-hybridized carbons (Fsp3) is 0.400. The molecule has 6 heteroatoms. The summed E-state index contributed by atoms with van der Waals surface area (Å²) in [6.07, 6.45) is 4.99. The van der Waals surface area contributed by atoms with E-state index < -0.39 is 6.09 Å². The predicted molar refractivity (Wildman–Crippen MR) is 126 cm³/mol. The third-order valence-electron chi connectivity index (χ3n) is 5.90. The fourth-order valence-corrected chi connectivity index (χ4v) is 4.07. The van der Waals surface area contributed by atoms with Crippen molar-refractivity contribution in [2.24, 2.45) is 0 Å². The molecule has 3 N–H and O–H groups in total. The van der Waals surface area contributed by atoms with Crippen LogP contribution in [-0.4, -0.2) is 23.9 Å². The lowest BCUT2D eigenvalue weighted by atomic mass is 9.92. The van der Waals surface area contributed by atoms with Gasteiger partial charge in [0.25, 0.3) is 0 Å². The predicted octanol–water partition coefficient (Wildman–Crippen LogP) is 6.36. The second kappa shape index (κ2) is 9.33. The van der Waals surface area contributed by atoms with Gasteiger partial charge in [-0.2, -0.15) is 0 Å². The number of benzene rings is 2. The smallest absolute Gasteiger partial charge is 0.411 e. The number of rotatable bonds is 8. The van der Waals surface area contributed by atoms with Crippen LogP contribution in [0.2, 0.25) is 0 Å². The Balaban J connectivity index is 1.65. The molecule has 0 atom stereocenters. The molecule has 2 aromatic carbocycles. The van der Waals surface area contributed by atoms with E-state index in [0.717, 1.165) is 59.3 Å². The lowest BCUT2D eigenvalue weighted by Crippen LogP contribution is -2.18. The monoisotopic (exact) mass is 421 g/mol. The number of hydrogen-bond donors (Lipinski definition) is 2. The Morgan fingerprint density at radius 1 is 1.16 bits per heavy atom. The summed E-state index contributed by atoms with van der Waals surface area (Å²) in [5, 5.41) is 3.81. The van der Waals surface area contributed by atoms with Crippen molar-refractivity contribution in [1.29, 1.82) is 0 Å². The van der Waals surface area contributed by atoms with Crippen molar-refractivity contribution >= 4 is 28.4 Å². The molecule has 0 spiro atoms. The van der Waals surface area contributed by atoms with E-state index in [0.29, 0.717) is 24.9 Å². The maximum atomic E-state index is 11.9. The van der Waals surface area contributed by atoms with Crippen LogP contribution in [0.5, 0.6) is 5.75 Å². The van der Waals surface area contributed by atoms with Crippen molar-refractivity contribution in [3.63, 3.8) is 0 Å². The molecule has 0 aliphatic heterocycles. The maximum absolute atomic E-state index is 11.9. The molecule has 1 aromatic heterocycles. The molecule has 3 aromatic rings. The van der Waals surface area contributed by atoms with Crippen molar-refractivity contribution in [2.75, 3.05) is 24.3 Å². The van der Waals surface area contributed by atoms with Crippen LogP contribution in [0.25, 0.3) is 22.2 Å². The lowest BCUT2D eigenvalue weighted by Gasteiger charge is -2.30. The summed E-state index contributed by atoms with van der Waals surface area (Å²) in [5.74, 6) is 0.833. The molecule has 4 rings (SSSR count). The van der Waals surface area contributed by atoms with Gasteiger partial charge in [-0.25, -0.2) is 4.79 Å². The molecular weight excluding hydrogens is 390 g/mol. The molecule has 1 heterocycles. The van der Waals surface area contributed by atoms with E-state index in [1.54, 1.807) is 0 Å². The van der Waals surface area contributed by atoms with Crippen molar-refractivity contribution in [3.05, 3.63) is 42.5 Å². The molecule has 0 unspecified atom stereocenters. The number of hydrogen-bond acceptors (Lipinski definition) is 4. The highest BCUT2D eigenvalue weighted by molar-refractivity contribution is 6.02. The number of carbonyl (C=O) groups is 1. The summed E-state index contributed by atoms with van der Waals surface area (Å²) in [6.45, 7) is 5.10. The van der Waals surface area contributed by atoms with E-state index in [2.05, 4.69) is 22.9 Å². The molecule has 1 aliphatic carbocycles. The summed E-state index contributed by atoms with van der Waals surface area (Å²) in [5.41, 5.74) is 11.3. The van der Waals surface area contributed by atoms with Crippen molar-refractivity contribution in [2.45, 2.75) is 52.0 Å². The molecule has 0 radical (unpaired) electrons. The molecule has 0 saturated heterocycles. The maximum Gasteiger partial charge on any atom is 0.411 e. The van der Waals surface area contributed by atoms with Crippen molar-refractivity contribution in [1.82, 2.24) is 4.57 Å². The summed E-state index contributed by atoms with van der Waals surface area (Å²) >= 11 is 0. The second-order valence-corrected chi connectivity index (χ2v) is 8.02. The molecule has 0 bridgehead atoms. The van der Waals surface area contributed by atoms with E-state index in [-0.39, 0.29) is 0 Å². The van der Waals surface area contributed by atoms with Gasteiger partial charge in [-0.3, -0.25) is 5.32 Å². The minimum absolute atomic E-state index is 0.423. The zero-order chi connectivity index (χ0) is 21.8. The Morgan fingerprint density at radius 2 is 1.94 bits per heavy atom. The van der Waals surface area contributed by atoms with E-state index in [1.807, 2.05) is 43.3 Å². The number of nitrogens with zero attached hydrogens (tertiary/aromatic N) is 1. The lowest BCUT2D eigenvalue weighted by molar-refractivity contribution is 0.160. The van der Waals surface area contributed by atoms with Crippen LogP contribution in [0.1, 0.15) is 52.0 Å². The highest BCUT2D eigenvalue weighted by Crippen LogP contribution is 2.44. The summed E-state index contributed by atoms with van der Waals surface area (Å²) in [7, 11) is 0. The first-order valence-electron chi connectivity index (χ1n) is 11.2. The van der Waals surface area contributed by atoms with Gasteiger partial charge < -0.3 is 19.8 Å². The van der Waals surface area contributed by atoms with Gasteiger partial charge in [-0.05, 0) is 62.9 Å². The summed E-state index contributed by atoms with van der Waals surface area (Å²) in [4.78, 5) is 11.9. The van der Waals surface area contributed by atoms with E-state index >= 15 is 0 Å². The van der Waals surface area contributed by atoms with Crippen molar-refractivity contribution < 1.29 is 14.3 Å². The molecule has 1 amide bonds. The highest BCUT2D eigenvalue weighted by Gasteiger charge is 2.27. The number of fused-ring (bicyclic) bond motifs is 1. The first kappa shape index (κ1) is 21.1. The van der Waals surface area contributed by atoms with E-state index in [9.17, 15) is 4.79 Å². The fourth-order valence-electron chi connectivity index (χ4n) is 4.07. The van der Waals surface area contributed by atoms with Crippen LogP contribution in [-0.2, 0) is 4.74 Å². The SMILES string of the molecule is CCCCOC(=O)Nc1ccc(-c2c(N)c3cc(OCC)ccc3n2C2CCC2)cc1. The van der Waals surface area contributed by atoms with E-state index in [4.69, 9.17) is 15.2 Å². The average molecular weight is 422 g/mol. The number of nitrogens with two attached hydrogens (primary N) is 1. The molecule has 1 fully saturated rings. The number of anilines is 2. The number of aromatic nitrogens is 1. The quantitative estimate of drug-likeness (QED) is 0.415. The number of amides is 1. The number of carbonyl (C=O) groups excluding carboxylic acids is 1. The Bertz CT molecular complexity index is 1050.